The molecule has 12 heteroatoms. The van der Waals surface area contributed by atoms with Crippen molar-refractivity contribution in [1.29, 1.82) is 0 Å². The van der Waals surface area contributed by atoms with Crippen LogP contribution in [-0.4, -0.2) is 66.6 Å². The first-order chi connectivity index (χ1) is 20.8. The molecule has 2 heterocycles. The first-order valence-electron chi connectivity index (χ1n) is 14.6. The van der Waals surface area contributed by atoms with Gasteiger partial charge in [-0.1, -0.05) is 55.5 Å². The lowest BCUT2D eigenvalue weighted by Crippen LogP contribution is -2.38. The highest BCUT2D eigenvalue weighted by molar-refractivity contribution is 7.88. The number of aliphatic carboxylic acids is 1. The maximum Gasteiger partial charge on any atom is 0.406 e. The van der Waals surface area contributed by atoms with Crippen LogP contribution in [0.25, 0.3) is 5.70 Å². The van der Waals surface area contributed by atoms with Gasteiger partial charge in [0.25, 0.3) is 0 Å². The van der Waals surface area contributed by atoms with Crippen LogP contribution in [0.2, 0.25) is 0 Å². The summed E-state index contributed by atoms with van der Waals surface area (Å²) in [5, 5.41) is 9.08. The monoisotopic (exact) mass is 633 g/mol. The van der Waals surface area contributed by atoms with Crippen molar-refractivity contribution in [3.05, 3.63) is 83.1 Å². The Labute approximate surface area is 256 Å². The van der Waals surface area contributed by atoms with Gasteiger partial charge in [-0.25, -0.2) is 17.7 Å². The third kappa shape index (κ3) is 9.18. The van der Waals surface area contributed by atoms with Crippen molar-refractivity contribution < 1.29 is 36.2 Å². The Bertz CT molecular complexity index is 1510. The zero-order valence-corrected chi connectivity index (χ0v) is 25.7. The highest BCUT2D eigenvalue weighted by atomic mass is 32.2. The summed E-state index contributed by atoms with van der Waals surface area (Å²) in [6.45, 7) is 1.72. The predicted molar refractivity (Wildman–Crippen MR) is 164 cm³/mol. The van der Waals surface area contributed by atoms with Crippen LogP contribution in [0.1, 0.15) is 68.1 Å². The lowest BCUT2D eigenvalue weighted by Gasteiger charge is -2.31. The van der Waals surface area contributed by atoms with Crippen molar-refractivity contribution in [2.24, 2.45) is 4.99 Å². The molecule has 2 aromatic carbocycles. The van der Waals surface area contributed by atoms with E-state index in [2.05, 4.69) is 4.99 Å². The largest absolute Gasteiger partial charge is 0.488 e. The Morgan fingerprint density at radius 1 is 1.14 bits per heavy atom. The summed E-state index contributed by atoms with van der Waals surface area (Å²) in [4.78, 5) is 16.8. The van der Waals surface area contributed by atoms with E-state index in [9.17, 15) is 26.4 Å². The molecule has 1 fully saturated rings. The third-order valence-electron chi connectivity index (χ3n) is 7.76. The van der Waals surface area contributed by atoms with Crippen molar-refractivity contribution >= 4 is 27.5 Å². The number of nitrogens with zero attached hydrogens (tertiary/aromatic N) is 3. The Morgan fingerprint density at radius 2 is 1.82 bits per heavy atom. The Kier molecular flexibility index (Phi) is 10.9. The van der Waals surface area contributed by atoms with E-state index < -0.39 is 28.7 Å². The first-order valence-corrected chi connectivity index (χ1v) is 16.5. The molecule has 4 rings (SSSR count). The number of ether oxygens (including phenoxy) is 1. The van der Waals surface area contributed by atoms with Gasteiger partial charge in [0, 0.05) is 30.8 Å². The van der Waals surface area contributed by atoms with Crippen LogP contribution in [0.3, 0.4) is 0 Å². The Hall–Kier alpha value is -3.64. The number of piperidine rings is 1. The molecule has 0 amide bonds. The fourth-order valence-electron chi connectivity index (χ4n) is 5.50. The number of alkyl halides is 3. The van der Waals surface area contributed by atoms with E-state index in [1.165, 1.54) is 16.6 Å². The van der Waals surface area contributed by atoms with E-state index in [0.29, 0.717) is 36.5 Å². The molecule has 2 aliphatic rings. The van der Waals surface area contributed by atoms with Crippen molar-refractivity contribution in [3.8, 4) is 5.75 Å². The number of amidine groups is 1. The number of benzene rings is 2. The normalized spacial score (nSPS) is 17.2. The van der Waals surface area contributed by atoms with Gasteiger partial charge in [-0.2, -0.15) is 13.2 Å². The minimum absolute atomic E-state index is 0.222. The maximum absolute atomic E-state index is 13.6. The number of aliphatic imine (C=N–C) groups is 1. The summed E-state index contributed by atoms with van der Waals surface area (Å²) in [6.07, 6.45) is 2.04. The number of halogens is 3. The Morgan fingerprint density at radius 3 is 2.43 bits per heavy atom. The first kappa shape index (κ1) is 33.3. The number of allylic oxidation sites excluding steroid dienone is 2. The third-order valence-corrected chi connectivity index (χ3v) is 9.06. The lowest BCUT2D eigenvalue weighted by molar-refractivity contribution is -0.136. The van der Waals surface area contributed by atoms with Crippen LogP contribution in [0.15, 0.2) is 71.4 Å². The molecule has 44 heavy (non-hydrogen) atoms. The van der Waals surface area contributed by atoms with Crippen LogP contribution < -0.4 is 4.74 Å². The van der Waals surface area contributed by atoms with E-state index in [1.807, 2.05) is 48.5 Å². The Balaban J connectivity index is 1.48. The molecule has 238 valence electrons. The highest BCUT2D eigenvalue weighted by Gasteiger charge is 2.34. The second-order valence-electron chi connectivity index (χ2n) is 11.0. The molecule has 8 nitrogen and oxygen atoms in total. The average Bonchev–Trinajstić information content (AvgIpc) is 2.99. The van der Waals surface area contributed by atoms with Gasteiger partial charge in [0.1, 0.15) is 24.7 Å². The summed E-state index contributed by atoms with van der Waals surface area (Å²) in [5.41, 5.74) is 3.51. The van der Waals surface area contributed by atoms with E-state index in [1.54, 1.807) is 13.0 Å². The molecule has 0 saturated carbocycles. The van der Waals surface area contributed by atoms with Crippen molar-refractivity contribution in [3.63, 3.8) is 0 Å². The average molecular weight is 634 g/mol. The van der Waals surface area contributed by atoms with Gasteiger partial charge in [-0.05, 0) is 54.9 Å². The topological polar surface area (TPSA) is 99.5 Å². The van der Waals surface area contributed by atoms with E-state index in [0.717, 1.165) is 28.9 Å². The standard InChI is InChI=1S/C32H38F3N3O5S/c1-3-26(15-16-31(39)40)38(22-32(33,34)35)30-10-6-8-28(36-30)27-7-4-5-9-29(27)43-21-23-11-13-24(14-12-23)25-17-19-37(20-18-25)44(2,41)42/h4-5,7-9,11-15,25H,3,6,10,16-22H2,1-2H3,(H,39,40). The van der Waals surface area contributed by atoms with E-state index in [4.69, 9.17) is 9.84 Å². The molecule has 0 spiro atoms. The lowest BCUT2D eigenvalue weighted by atomic mass is 9.90. The number of carboxylic acids is 1. The molecule has 0 unspecified atom stereocenters. The molecule has 2 aliphatic heterocycles. The molecular formula is C32H38F3N3O5S. The molecule has 0 atom stereocenters. The van der Waals surface area contributed by atoms with Crippen LogP contribution in [0, 0.1) is 0 Å². The predicted octanol–water partition coefficient (Wildman–Crippen LogP) is 6.57. The van der Waals surface area contributed by atoms with Gasteiger partial charge >= 0.3 is 12.1 Å². The second-order valence-corrected chi connectivity index (χ2v) is 12.9. The van der Waals surface area contributed by atoms with Gasteiger partial charge in [0.05, 0.1) is 18.4 Å². The smallest absolute Gasteiger partial charge is 0.406 e. The molecule has 0 bridgehead atoms. The van der Waals surface area contributed by atoms with Gasteiger partial charge in [-0.3, -0.25) is 4.79 Å². The minimum atomic E-state index is -4.51. The molecule has 0 aliphatic carbocycles. The number of hydrogen-bond acceptors (Lipinski definition) is 6. The quantitative estimate of drug-likeness (QED) is 0.301. The zero-order chi connectivity index (χ0) is 31.9. The van der Waals surface area contributed by atoms with E-state index >= 15 is 0 Å². The van der Waals surface area contributed by atoms with Crippen molar-refractivity contribution in [2.75, 3.05) is 25.9 Å². The van der Waals surface area contributed by atoms with Crippen LogP contribution >= 0.6 is 0 Å². The summed E-state index contributed by atoms with van der Waals surface area (Å²) < 4.78 is 72.1. The van der Waals surface area contributed by atoms with Gasteiger partial charge in [0.15, 0.2) is 0 Å². The molecule has 0 aromatic heterocycles. The number of rotatable bonds is 11. The minimum Gasteiger partial charge on any atom is -0.488 e. The van der Waals surface area contributed by atoms with Gasteiger partial charge in [-0.15, -0.1) is 0 Å². The highest BCUT2D eigenvalue weighted by Crippen LogP contribution is 2.33. The SMILES string of the molecule is CCC(=CCC(=O)O)N(CC(F)(F)F)C1=NC(c2ccccc2OCc2ccc(C3CCN(S(C)(=O)=O)CC3)cc2)=CCC1. The second kappa shape index (κ2) is 14.4. The van der Waals surface area contributed by atoms with Gasteiger partial charge in [0.2, 0.25) is 10.0 Å². The van der Waals surface area contributed by atoms with E-state index in [-0.39, 0.29) is 43.3 Å². The fourth-order valence-corrected chi connectivity index (χ4v) is 6.38. The number of sulfonamides is 1. The fraction of sp³-hybridized carbons (Fsp3) is 0.438. The van der Waals surface area contributed by atoms with Crippen LogP contribution in [0.5, 0.6) is 5.75 Å². The molecule has 2 aromatic rings. The zero-order valence-electron chi connectivity index (χ0n) is 24.9. The van der Waals surface area contributed by atoms with Gasteiger partial charge < -0.3 is 14.7 Å². The molecule has 1 N–H and O–H groups in total. The van der Waals surface area contributed by atoms with Crippen LogP contribution in [0.4, 0.5) is 13.2 Å². The van der Waals surface area contributed by atoms with Crippen LogP contribution in [-0.2, 0) is 21.4 Å². The molecule has 1 saturated heterocycles. The molecular weight excluding hydrogens is 595 g/mol. The summed E-state index contributed by atoms with van der Waals surface area (Å²) >= 11 is 0. The summed E-state index contributed by atoms with van der Waals surface area (Å²) in [5.74, 6) is -0.0608. The summed E-state index contributed by atoms with van der Waals surface area (Å²) in [7, 11) is -3.17. The number of carboxylic acid groups (broad SMARTS) is 1. The maximum atomic E-state index is 13.6. The number of hydrogen-bond donors (Lipinski definition) is 1. The summed E-state index contributed by atoms with van der Waals surface area (Å²) in [6, 6.07) is 15.3. The van der Waals surface area contributed by atoms with Crippen molar-refractivity contribution in [1.82, 2.24) is 9.21 Å². The number of para-hydroxylation sites is 1. The number of carbonyl (C=O) groups is 1. The van der Waals surface area contributed by atoms with Crippen molar-refractivity contribution in [2.45, 2.75) is 64.1 Å². The molecule has 0 radical (unpaired) electrons.